The third kappa shape index (κ3) is 3.77. The Morgan fingerprint density at radius 3 is 2.63 bits per heavy atom. The van der Waals surface area contributed by atoms with Crippen molar-refractivity contribution in [2.45, 2.75) is 17.7 Å². The van der Waals surface area contributed by atoms with Crippen molar-refractivity contribution >= 4 is 21.6 Å². The average molecular weight is 389 g/mol. The maximum atomic E-state index is 13.4. The molecule has 0 aromatic heterocycles. The highest BCUT2D eigenvalue weighted by atomic mass is 32.2. The predicted octanol–water partition coefficient (Wildman–Crippen LogP) is 2.04. The molecule has 0 unspecified atom stereocenters. The molecule has 0 bridgehead atoms. The number of fused-ring (bicyclic) bond motifs is 1. The molecular formula is C19H23N3O4S. The quantitative estimate of drug-likeness (QED) is 0.792. The largest absolute Gasteiger partial charge is 0.495 e. The Hall–Kier alpha value is -2.58. The highest BCUT2D eigenvalue weighted by Gasteiger charge is 2.32. The van der Waals surface area contributed by atoms with Crippen LogP contribution in [0.5, 0.6) is 5.75 Å². The van der Waals surface area contributed by atoms with Crippen LogP contribution >= 0.6 is 0 Å². The van der Waals surface area contributed by atoms with Crippen molar-refractivity contribution in [1.29, 1.82) is 0 Å². The highest BCUT2D eigenvalue weighted by molar-refractivity contribution is 7.93. The molecule has 0 fully saturated rings. The van der Waals surface area contributed by atoms with E-state index in [1.165, 1.54) is 28.6 Å². The molecule has 8 heteroatoms. The number of aryl methyl sites for hydroxylation is 1. The summed E-state index contributed by atoms with van der Waals surface area (Å²) in [6.07, 6.45) is 1.57. The van der Waals surface area contributed by atoms with Crippen LogP contribution in [0.1, 0.15) is 22.3 Å². The van der Waals surface area contributed by atoms with Gasteiger partial charge < -0.3 is 4.74 Å². The predicted molar refractivity (Wildman–Crippen MR) is 103 cm³/mol. The molecule has 2 aromatic rings. The van der Waals surface area contributed by atoms with Gasteiger partial charge in [-0.25, -0.2) is 13.4 Å². The van der Waals surface area contributed by atoms with E-state index in [0.29, 0.717) is 12.2 Å². The number of carbonyl (C=O) groups is 1. The molecule has 1 N–H and O–H groups in total. The zero-order valence-corrected chi connectivity index (χ0v) is 16.4. The van der Waals surface area contributed by atoms with Gasteiger partial charge in [-0.1, -0.05) is 18.2 Å². The molecule has 3 rings (SSSR count). The summed E-state index contributed by atoms with van der Waals surface area (Å²) in [5.74, 6) is -0.183. The van der Waals surface area contributed by atoms with Crippen LogP contribution in [0.2, 0.25) is 0 Å². The molecule has 7 nitrogen and oxygen atoms in total. The van der Waals surface area contributed by atoms with Crippen molar-refractivity contribution in [2.24, 2.45) is 0 Å². The second kappa shape index (κ2) is 7.58. The number of hydrazine groups is 1. The Labute approximate surface area is 159 Å². The molecule has 1 aliphatic heterocycles. The molecule has 0 spiro atoms. The molecule has 1 heterocycles. The monoisotopic (exact) mass is 389 g/mol. The lowest BCUT2D eigenvalue weighted by atomic mass is 10.0. The Bertz CT molecular complexity index is 957. The number of anilines is 1. The number of sulfonamides is 1. The van der Waals surface area contributed by atoms with E-state index in [4.69, 9.17) is 4.74 Å². The number of hydrogen-bond acceptors (Lipinski definition) is 5. The fourth-order valence-electron chi connectivity index (χ4n) is 3.15. The van der Waals surface area contributed by atoms with Gasteiger partial charge in [0.05, 0.1) is 12.8 Å². The van der Waals surface area contributed by atoms with Crippen LogP contribution in [0.25, 0.3) is 0 Å². The number of nitrogens with one attached hydrogen (secondary N) is 1. The van der Waals surface area contributed by atoms with Crippen LogP contribution in [0, 0.1) is 0 Å². The average Bonchev–Trinajstić information content (AvgIpc) is 2.66. The van der Waals surface area contributed by atoms with Gasteiger partial charge in [0, 0.05) is 26.2 Å². The van der Waals surface area contributed by atoms with Crippen molar-refractivity contribution in [2.75, 3.05) is 32.1 Å². The summed E-state index contributed by atoms with van der Waals surface area (Å²) >= 11 is 0. The van der Waals surface area contributed by atoms with Crippen LogP contribution in [0.4, 0.5) is 5.69 Å². The second-order valence-corrected chi connectivity index (χ2v) is 8.34. The number of rotatable bonds is 5. The minimum atomic E-state index is -3.89. The smallest absolute Gasteiger partial charge is 0.268 e. The number of benzene rings is 2. The van der Waals surface area contributed by atoms with E-state index in [1.807, 2.05) is 18.2 Å². The lowest BCUT2D eigenvalue weighted by Gasteiger charge is -2.31. The highest BCUT2D eigenvalue weighted by Crippen LogP contribution is 2.35. The zero-order valence-electron chi connectivity index (χ0n) is 15.6. The van der Waals surface area contributed by atoms with Crippen molar-refractivity contribution in [3.05, 3.63) is 53.6 Å². The first-order valence-corrected chi connectivity index (χ1v) is 10.1. The van der Waals surface area contributed by atoms with Gasteiger partial charge in [-0.05, 0) is 42.7 Å². The SMILES string of the molecule is COc1ccc(C(=O)NN(C)C)cc1S(=O)(=O)N1CCCc2ccccc21. The number of hydrogen-bond donors (Lipinski definition) is 1. The van der Waals surface area contributed by atoms with Gasteiger partial charge in [0.15, 0.2) is 0 Å². The van der Waals surface area contributed by atoms with Gasteiger partial charge in [-0.3, -0.25) is 14.5 Å². The van der Waals surface area contributed by atoms with E-state index < -0.39 is 15.9 Å². The van der Waals surface area contributed by atoms with Crippen molar-refractivity contribution < 1.29 is 17.9 Å². The van der Waals surface area contributed by atoms with Crippen LogP contribution in [-0.4, -0.2) is 47.1 Å². The molecular weight excluding hydrogens is 366 g/mol. The van der Waals surface area contributed by atoms with E-state index in [1.54, 1.807) is 26.2 Å². The topological polar surface area (TPSA) is 79.0 Å². The lowest BCUT2D eigenvalue weighted by molar-refractivity contribution is 0.0856. The first kappa shape index (κ1) is 19.2. The van der Waals surface area contributed by atoms with Crippen molar-refractivity contribution in [1.82, 2.24) is 10.4 Å². The van der Waals surface area contributed by atoms with E-state index in [0.717, 1.165) is 18.4 Å². The standard InChI is InChI=1S/C19H23N3O4S/c1-21(2)20-19(23)15-10-11-17(26-3)18(13-15)27(24,25)22-12-6-8-14-7-4-5-9-16(14)22/h4-5,7,9-11,13H,6,8,12H2,1-3H3,(H,20,23). The third-order valence-corrected chi connectivity index (χ3v) is 6.22. The zero-order chi connectivity index (χ0) is 19.6. The number of amides is 1. The molecule has 1 aliphatic rings. The molecule has 0 aliphatic carbocycles. The Balaban J connectivity index is 2.08. The molecule has 144 valence electrons. The minimum Gasteiger partial charge on any atom is -0.495 e. The van der Waals surface area contributed by atoms with E-state index in [9.17, 15) is 13.2 Å². The summed E-state index contributed by atoms with van der Waals surface area (Å²) < 4.78 is 33.5. The summed E-state index contributed by atoms with van der Waals surface area (Å²) in [4.78, 5) is 12.3. The van der Waals surface area contributed by atoms with Crippen molar-refractivity contribution in [3.63, 3.8) is 0 Å². The summed E-state index contributed by atoms with van der Waals surface area (Å²) in [6.45, 7) is 0.386. The number of para-hydroxylation sites is 1. The molecule has 0 atom stereocenters. The molecule has 2 aromatic carbocycles. The van der Waals surface area contributed by atoms with E-state index in [-0.39, 0.29) is 16.2 Å². The van der Waals surface area contributed by atoms with Gasteiger partial charge in [-0.15, -0.1) is 0 Å². The fraction of sp³-hybridized carbons (Fsp3) is 0.316. The Morgan fingerprint density at radius 2 is 1.93 bits per heavy atom. The Kier molecular flexibility index (Phi) is 5.38. The van der Waals surface area contributed by atoms with Gasteiger partial charge in [0.25, 0.3) is 15.9 Å². The van der Waals surface area contributed by atoms with Gasteiger partial charge >= 0.3 is 0 Å². The normalized spacial score (nSPS) is 14.0. The van der Waals surface area contributed by atoms with E-state index in [2.05, 4.69) is 5.43 Å². The fourth-order valence-corrected chi connectivity index (χ4v) is 4.88. The van der Waals surface area contributed by atoms with Crippen LogP contribution in [-0.2, 0) is 16.4 Å². The minimum absolute atomic E-state index is 0.0203. The van der Waals surface area contributed by atoms with E-state index >= 15 is 0 Å². The third-order valence-electron chi connectivity index (χ3n) is 4.39. The van der Waals surface area contributed by atoms with Gasteiger partial charge in [-0.2, -0.15) is 0 Å². The summed E-state index contributed by atoms with van der Waals surface area (Å²) in [5.41, 5.74) is 4.53. The number of nitrogens with zero attached hydrogens (tertiary/aromatic N) is 2. The molecule has 0 saturated carbocycles. The second-order valence-electron chi connectivity index (χ2n) is 6.51. The molecule has 0 radical (unpaired) electrons. The first-order valence-electron chi connectivity index (χ1n) is 8.61. The first-order chi connectivity index (χ1) is 12.8. The molecule has 0 saturated heterocycles. The molecule has 1 amide bonds. The van der Waals surface area contributed by atoms with Crippen LogP contribution in [0.15, 0.2) is 47.4 Å². The summed E-state index contributed by atoms with van der Waals surface area (Å²) in [6, 6.07) is 11.9. The maximum absolute atomic E-state index is 13.4. The number of methoxy groups -OCH3 is 1. The summed E-state index contributed by atoms with van der Waals surface area (Å²) in [5, 5.41) is 1.50. The van der Waals surface area contributed by atoms with Gasteiger partial charge in [0.2, 0.25) is 0 Å². The maximum Gasteiger partial charge on any atom is 0.268 e. The lowest BCUT2D eigenvalue weighted by Crippen LogP contribution is -2.37. The van der Waals surface area contributed by atoms with Crippen LogP contribution in [0.3, 0.4) is 0 Å². The number of carbonyl (C=O) groups excluding carboxylic acids is 1. The summed E-state index contributed by atoms with van der Waals surface area (Å²) in [7, 11) is 0.895. The van der Waals surface area contributed by atoms with Crippen LogP contribution < -0.4 is 14.5 Å². The molecule has 27 heavy (non-hydrogen) atoms. The van der Waals surface area contributed by atoms with Crippen molar-refractivity contribution in [3.8, 4) is 5.75 Å². The Morgan fingerprint density at radius 1 is 1.19 bits per heavy atom. The van der Waals surface area contributed by atoms with Gasteiger partial charge in [0.1, 0.15) is 10.6 Å². The number of ether oxygens (including phenoxy) is 1.